The van der Waals surface area contributed by atoms with Crippen molar-refractivity contribution in [3.05, 3.63) is 0 Å². The maximum atomic E-state index is 10.4. The van der Waals surface area contributed by atoms with Crippen molar-refractivity contribution in [2.24, 2.45) is 11.5 Å². The molecular weight excluding hydrogens is 180 g/mol. The summed E-state index contributed by atoms with van der Waals surface area (Å²) >= 11 is 1.29. The second-order valence-electron chi connectivity index (χ2n) is 2.38. The van der Waals surface area contributed by atoms with Gasteiger partial charge in [0, 0.05) is 11.5 Å². The molecule has 0 aromatic heterocycles. The highest BCUT2D eigenvalue weighted by atomic mass is 32.2. The zero-order valence-corrected chi connectivity index (χ0v) is 7.46. The van der Waals surface area contributed by atoms with E-state index < -0.39 is 18.1 Å². The summed E-state index contributed by atoms with van der Waals surface area (Å²) in [5.74, 6) is 0.171. The first-order valence-corrected chi connectivity index (χ1v) is 4.65. The Bertz CT molecular complexity index is 145. The summed E-state index contributed by atoms with van der Waals surface area (Å²) in [5, 5.41) is 17.3. The predicted octanol–water partition coefficient (Wildman–Crippen LogP) is -2.11. The summed E-state index contributed by atoms with van der Waals surface area (Å²) in [6.45, 7) is -0.279. The van der Waals surface area contributed by atoms with Crippen molar-refractivity contribution >= 4 is 17.7 Å². The molecule has 0 spiro atoms. The molecule has 6 N–H and O–H groups in total. The van der Waals surface area contributed by atoms with E-state index in [9.17, 15) is 4.79 Å². The van der Waals surface area contributed by atoms with Crippen molar-refractivity contribution in [1.82, 2.24) is 0 Å². The van der Waals surface area contributed by atoms with Crippen molar-refractivity contribution in [3.63, 3.8) is 0 Å². The number of carbonyl (C=O) groups excluding carboxylic acids is 1. The average Bonchev–Trinajstić information content (AvgIpc) is 2.03. The highest BCUT2D eigenvalue weighted by Gasteiger charge is 2.10. The van der Waals surface area contributed by atoms with Gasteiger partial charge in [0.15, 0.2) is 0 Å². The van der Waals surface area contributed by atoms with Gasteiger partial charge < -0.3 is 21.7 Å². The first kappa shape index (κ1) is 11.7. The fourth-order valence-corrected chi connectivity index (χ4v) is 1.40. The third-order valence-corrected chi connectivity index (χ3v) is 2.40. The molecule has 0 bridgehead atoms. The first-order valence-electron chi connectivity index (χ1n) is 3.49. The Hall–Kier alpha value is -0.300. The molecule has 0 heterocycles. The summed E-state index contributed by atoms with van der Waals surface area (Å²) < 4.78 is 0. The number of primary amides is 1. The van der Waals surface area contributed by atoms with Crippen LogP contribution >= 0.6 is 11.8 Å². The van der Waals surface area contributed by atoms with Crippen LogP contribution in [0.3, 0.4) is 0 Å². The van der Waals surface area contributed by atoms with Crippen molar-refractivity contribution in [2.75, 3.05) is 18.1 Å². The van der Waals surface area contributed by atoms with E-state index in [2.05, 4.69) is 0 Å². The van der Waals surface area contributed by atoms with E-state index in [1.807, 2.05) is 0 Å². The molecule has 72 valence electrons. The quantitative estimate of drug-likeness (QED) is 0.387. The minimum absolute atomic E-state index is 0.279. The SMILES string of the molecule is NC(=O)C(N)CSCC(O)CO. The topological polar surface area (TPSA) is 110 Å². The minimum Gasteiger partial charge on any atom is -0.394 e. The van der Waals surface area contributed by atoms with Crippen molar-refractivity contribution in [2.45, 2.75) is 12.1 Å². The lowest BCUT2D eigenvalue weighted by molar-refractivity contribution is -0.118. The van der Waals surface area contributed by atoms with Gasteiger partial charge in [-0.15, -0.1) is 0 Å². The van der Waals surface area contributed by atoms with E-state index in [4.69, 9.17) is 21.7 Å². The van der Waals surface area contributed by atoms with E-state index in [1.54, 1.807) is 0 Å². The van der Waals surface area contributed by atoms with Gasteiger partial charge in [0.25, 0.3) is 0 Å². The predicted molar refractivity (Wildman–Crippen MR) is 47.6 cm³/mol. The van der Waals surface area contributed by atoms with E-state index in [0.29, 0.717) is 11.5 Å². The number of amides is 1. The molecule has 0 radical (unpaired) electrons. The Labute approximate surface area is 75.1 Å². The lowest BCUT2D eigenvalue weighted by Gasteiger charge is -2.08. The lowest BCUT2D eigenvalue weighted by Crippen LogP contribution is -2.38. The zero-order chi connectivity index (χ0) is 9.56. The van der Waals surface area contributed by atoms with Gasteiger partial charge in [0.2, 0.25) is 5.91 Å². The average molecular weight is 194 g/mol. The molecule has 0 saturated heterocycles. The number of rotatable bonds is 6. The zero-order valence-electron chi connectivity index (χ0n) is 6.64. The van der Waals surface area contributed by atoms with Crippen LogP contribution in [0, 0.1) is 0 Å². The smallest absolute Gasteiger partial charge is 0.235 e. The van der Waals surface area contributed by atoms with Gasteiger partial charge in [-0.3, -0.25) is 4.79 Å². The van der Waals surface area contributed by atoms with Crippen LogP contribution in [0.15, 0.2) is 0 Å². The molecule has 0 aliphatic carbocycles. The van der Waals surface area contributed by atoms with Crippen LogP contribution in [0.5, 0.6) is 0 Å². The number of hydrogen-bond donors (Lipinski definition) is 4. The number of thioether (sulfide) groups is 1. The number of carbonyl (C=O) groups is 1. The van der Waals surface area contributed by atoms with Crippen LogP contribution in [0.4, 0.5) is 0 Å². The summed E-state index contributed by atoms with van der Waals surface area (Å²) in [6.07, 6.45) is -0.755. The Morgan fingerprint density at radius 3 is 2.50 bits per heavy atom. The van der Waals surface area contributed by atoms with Crippen LogP contribution in [-0.2, 0) is 4.79 Å². The molecule has 12 heavy (non-hydrogen) atoms. The largest absolute Gasteiger partial charge is 0.394 e. The molecular formula is C6H14N2O3S. The fourth-order valence-electron chi connectivity index (χ4n) is 0.466. The standard InChI is InChI=1S/C6H14N2O3S/c7-5(6(8)11)3-12-2-4(10)1-9/h4-5,9-10H,1-3,7H2,(H2,8,11). The Kier molecular flexibility index (Phi) is 6.09. The van der Waals surface area contributed by atoms with Crippen LogP contribution in [0.2, 0.25) is 0 Å². The van der Waals surface area contributed by atoms with Crippen LogP contribution in [0.25, 0.3) is 0 Å². The molecule has 0 aliphatic heterocycles. The molecule has 6 heteroatoms. The second kappa shape index (κ2) is 6.24. The molecule has 1 amide bonds. The Morgan fingerprint density at radius 2 is 2.08 bits per heavy atom. The summed E-state index contributed by atoms with van der Waals surface area (Å²) in [5.41, 5.74) is 10.2. The van der Waals surface area contributed by atoms with Crippen LogP contribution in [0.1, 0.15) is 0 Å². The molecule has 0 aliphatic rings. The van der Waals surface area contributed by atoms with E-state index in [1.165, 1.54) is 11.8 Å². The maximum Gasteiger partial charge on any atom is 0.235 e. The highest BCUT2D eigenvalue weighted by molar-refractivity contribution is 7.99. The molecule has 0 aromatic carbocycles. The van der Waals surface area contributed by atoms with Gasteiger partial charge >= 0.3 is 0 Å². The lowest BCUT2D eigenvalue weighted by atomic mass is 10.3. The first-order chi connectivity index (χ1) is 5.57. The normalized spacial score (nSPS) is 15.6. The van der Waals surface area contributed by atoms with Gasteiger partial charge in [-0.25, -0.2) is 0 Å². The molecule has 2 unspecified atom stereocenters. The van der Waals surface area contributed by atoms with Crippen molar-refractivity contribution < 1.29 is 15.0 Å². The molecule has 0 rings (SSSR count). The van der Waals surface area contributed by atoms with E-state index >= 15 is 0 Å². The maximum absolute atomic E-state index is 10.4. The molecule has 2 atom stereocenters. The monoisotopic (exact) mass is 194 g/mol. The second-order valence-corrected chi connectivity index (χ2v) is 3.46. The highest BCUT2D eigenvalue weighted by Crippen LogP contribution is 2.03. The van der Waals surface area contributed by atoms with Crippen LogP contribution in [-0.4, -0.2) is 46.4 Å². The summed E-state index contributed by atoms with van der Waals surface area (Å²) in [7, 11) is 0. The number of aliphatic hydroxyl groups is 2. The summed E-state index contributed by atoms with van der Waals surface area (Å²) in [6, 6.07) is -0.680. The van der Waals surface area contributed by atoms with E-state index in [-0.39, 0.29) is 6.61 Å². The molecule has 0 saturated carbocycles. The van der Waals surface area contributed by atoms with Gasteiger partial charge in [0.1, 0.15) is 0 Å². The molecule has 0 aromatic rings. The third-order valence-electron chi connectivity index (χ3n) is 1.18. The van der Waals surface area contributed by atoms with Crippen molar-refractivity contribution in [3.8, 4) is 0 Å². The molecule has 5 nitrogen and oxygen atoms in total. The van der Waals surface area contributed by atoms with Gasteiger partial charge in [-0.2, -0.15) is 11.8 Å². The number of nitrogens with two attached hydrogens (primary N) is 2. The minimum atomic E-state index is -0.755. The molecule has 0 fully saturated rings. The van der Waals surface area contributed by atoms with Gasteiger partial charge in [-0.1, -0.05) is 0 Å². The van der Waals surface area contributed by atoms with Crippen molar-refractivity contribution in [1.29, 1.82) is 0 Å². The van der Waals surface area contributed by atoms with Crippen LogP contribution < -0.4 is 11.5 Å². The Morgan fingerprint density at radius 1 is 1.50 bits per heavy atom. The van der Waals surface area contributed by atoms with E-state index in [0.717, 1.165) is 0 Å². The van der Waals surface area contributed by atoms with Gasteiger partial charge in [0.05, 0.1) is 18.8 Å². The third kappa shape index (κ3) is 5.36. The number of hydrogen-bond acceptors (Lipinski definition) is 5. The summed E-state index contributed by atoms with van der Waals surface area (Å²) in [4.78, 5) is 10.4. The Balaban J connectivity index is 3.37. The fraction of sp³-hybridized carbons (Fsp3) is 0.833. The van der Waals surface area contributed by atoms with Gasteiger partial charge in [-0.05, 0) is 0 Å². The number of aliphatic hydroxyl groups excluding tert-OH is 2.